The molecule has 1 unspecified atom stereocenters. The number of likely N-dealkylation sites (tertiary alicyclic amines) is 1. The van der Waals surface area contributed by atoms with Crippen LogP contribution in [0.5, 0.6) is 0 Å². The summed E-state index contributed by atoms with van der Waals surface area (Å²) in [5.74, 6) is 0.995. The Morgan fingerprint density at radius 2 is 1.88 bits per heavy atom. The van der Waals surface area contributed by atoms with Crippen molar-refractivity contribution in [2.45, 2.75) is 57.1 Å². The predicted octanol–water partition coefficient (Wildman–Crippen LogP) is 1.26. The minimum atomic E-state index is -0.250. The molecule has 2 heterocycles. The van der Waals surface area contributed by atoms with E-state index in [9.17, 15) is 4.79 Å². The molecule has 1 atom stereocenters. The van der Waals surface area contributed by atoms with Crippen molar-refractivity contribution in [2.75, 3.05) is 39.5 Å². The highest BCUT2D eigenvalue weighted by atomic mass is 16.6. The Morgan fingerprint density at radius 1 is 1.16 bits per heavy atom. The van der Waals surface area contributed by atoms with E-state index in [4.69, 9.17) is 19.4 Å². The summed E-state index contributed by atoms with van der Waals surface area (Å²) in [5.41, 5.74) is 0. The predicted molar refractivity (Wildman–Crippen MR) is 93.4 cm³/mol. The summed E-state index contributed by atoms with van der Waals surface area (Å²) >= 11 is 0. The van der Waals surface area contributed by atoms with Crippen molar-refractivity contribution in [3.05, 3.63) is 0 Å². The third-order valence-electron chi connectivity index (χ3n) is 5.08. The lowest BCUT2D eigenvalue weighted by molar-refractivity contribution is -0.123. The first-order valence-corrected chi connectivity index (χ1v) is 9.50. The molecule has 1 amide bonds. The van der Waals surface area contributed by atoms with Crippen LogP contribution < -0.4 is 5.32 Å². The van der Waals surface area contributed by atoms with Crippen LogP contribution in [0, 0.1) is 5.92 Å². The second kappa shape index (κ2) is 11.4. The van der Waals surface area contributed by atoms with Crippen LogP contribution in [0.25, 0.3) is 0 Å². The summed E-state index contributed by atoms with van der Waals surface area (Å²) < 4.78 is 11.1. The molecule has 3 rings (SSSR count). The first kappa shape index (κ1) is 20.1. The van der Waals surface area contributed by atoms with Gasteiger partial charge in [-0.2, -0.15) is 0 Å². The number of hydrogen-bond acceptors (Lipinski definition) is 5. The number of ether oxygens (including phenoxy) is 2. The van der Waals surface area contributed by atoms with Gasteiger partial charge in [0, 0.05) is 19.0 Å². The average Bonchev–Trinajstić information content (AvgIpc) is 3.45. The van der Waals surface area contributed by atoms with E-state index in [1.165, 1.54) is 38.8 Å². The van der Waals surface area contributed by atoms with Crippen molar-refractivity contribution in [1.82, 2.24) is 10.2 Å². The molecular weight excluding hydrogens is 324 g/mol. The molecule has 1 saturated carbocycles. The molecule has 2 aliphatic heterocycles. The van der Waals surface area contributed by atoms with Crippen molar-refractivity contribution in [3.63, 3.8) is 0 Å². The second-order valence-corrected chi connectivity index (χ2v) is 7.13. The van der Waals surface area contributed by atoms with Gasteiger partial charge < -0.3 is 24.8 Å². The Labute approximate surface area is 150 Å². The Bertz CT molecular complexity index is 389. The van der Waals surface area contributed by atoms with E-state index in [1.54, 1.807) is 0 Å². The number of piperidine rings is 1. The highest BCUT2D eigenvalue weighted by Crippen LogP contribution is 2.23. The third kappa shape index (κ3) is 8.65. The molecule has 25 heavy (non-hydrogen) atoms. The lowest BCUT2D eigenvalue weighted by Crippen LogP contribution is -2.38. The van der Waals surface area contributed by atoms with Gasteiger partial charge in [-0.1, -0.05) is 0 Å². The Balaban J connectivity index is 0.000000701. The standard InChI is InChI=1S/C17H30N2O3.CH2O2/c20-17(18-15-2-3-15)4-1-14-5-8-19(9-6-14)10-7-16-13-21-11-12-22-16;2-1-3/h14-16H,1-13H2,(H,18,20);1H,(H,2,3). The van der Waals surface area contributed by atoms with Crippen LogP contribution in [0.4, 0.5) is 0 Å². The smallest absolute Gasteiger partial charge is 0.290 e. The van der Waals surface area contributed by atoms with Crippen LogP contribution >= 0.6 is 0 Å². The van der Waals surface area contributed by atoms with Crippen LogP contribution in [-0.2, 0) is 19.1 Å². The molecule has 2 saturated heterocycles. The minimum absolute atomic E-state index is 0.250. The fraction of sp³-hybridized carbons (Fsp3) is 0.889. The van der Waals surface area contributed by atoms with Gasteiger partial charge >= 0.3 is 0 Å². The fourth-order valence-corrected chi connectivity index (χ4v) is 3.39. The number of carbonyl (C=O) groups excluding carboxylic acids is 1. The zero-order valence-corrected chi connectivity index (χ0v) is 15.0. The van der Waals surface area contributed by atoms with Gasteiger partial charge in [0.1, 0.15) is 0 Å². The van der Waals surface area contributed by atoms with Crippen LogP contribution in [0.15, 0.2) is 0 Å². The largest absolute Gasteiger partial charge is 0.483 e. The van der Waals surface area contributed by atoms with Gasteiger partial charge in [-0.05, 0) is 57.5 Å². The van der Waals surface area contributed by atoms with E-state index in [0.29, 0.717) is 12.5 Å². The molecule has 2 N–H and O–H groups in total. The molecule has 0 aromatic carbocycles. The lowest BCUT2D eigenvalue weighted by atomic mass is 9.92. The number of amides is 1. The number of rotatable bonds is 7. The second-order valence-electron chi connectivity index (χ2n) is 7.13. The fourth-order valence-electron chi connectivity index (χ4n) is 3.39. The number of hydrogen-bond donors (Lipinski definition) is 2. The molecule has 0 aromatic heterocycles. The van der Waals surface area contributed by atoms with E-state index >= 15 is 0 Å². The molecule has 0 aromatic rings. The van der Waals surface area contributed by atoms with Gasteiger partial charge in [-0.3, -0.25) is 9.59 Å². The molecule has 0 bridgehead atoms. The van der Waals surface area contributed by atoms with Gasteiger partial charge in [0.25, 0.3) is 6.47 Å². The van der Waals surface area contributed by atoms with E-state index in [1.807, 2.05) is 0 Å². The Hall–Kier alpha value is -1.18. The topological polar surface area (TPSA) is 88.1 Å². The molecule has 0 spiro atoms. The molecule has 7 heteroatoms. The maximum absolute atomic E-state index is 11.7. The number of nitrogens with zero attached hydrogens (tertiary/aromatic N) is 1. The van der Waals surface area contributed by atoms with Gasteiger partial charge in [0.05, 0.1) is 25.9 Å². The van der Waals surface area contributed by atoms with Crippen molar-refractivity contribution in [3.8, 4) is 0 Å². The lowest BCUT2D eigenvalue weighted by Gasteiger charge is -2.33. The summed E-state index contributed by atoms with van der Waals surface area (Å²) in [4.78, 5) is 22.6. The maximum atomic E-state index is 11.7. The van der Waals surface area contributed by atoms with E-state index < -0.39 is 0 Å². The van der Waals surface area contributed by atoms with Crippen LogP contribution in [-0.4, -0.2) is 74.0 Å². The van der Waals surface area contributed by atoms with Crippen LogP contribution in [0.3, 0.4) is 0 Å². The SMILES string of the molecule is O=C(CCC1CCN(CCC2COCCO2)CC1)NC1CC1.O=CO. The van der Waals surface area contributed by atoms with Gasteiger partial charge in [0.15, 0.2) is 0 Å². The van der Waals surface area contributed by atoms with Crippen molar-refractivity contribution >= 4 is 12.4 Å². The zero-order valence-electron chi connectivity index (χ0n) is 15.0. The molecule has 3 fully saturated rings. The molecule has 7 nitrogen and oxygen atoms in total. The van der Waals surface area contributed by atoms with Gasteiger partial charge in [-0.25, -0.2) is 0 Å². The molecule has 3 aliphatic rings. The molecule has 0 radical (unpaired) electrons. The van der Waals surface area contributed by atoms with E-state index in [0.717, 1.165) is 45.1 Å². The van der Waals surface area contributed by atoms with E-state index in [-0.39, 0.29) is 18.5 Å². The van der Waals surface area contributed by atoms with Gasteiger partial charge in [0.2, 0.25) is 5.91 Å². The first-order chi connectivity index (χ1) is 12.2. The van der Waals surface area contributed by atoms with Crippen LogP contribution in [0.1, 0.15) is 44.9 Å². The Morgan fingerprint density at radius 3 is 2.48 bits per heavy atom. The number of carbonyl (C=O) groups is 2. The average molecular weight is 356 g/mol. The number of nitrogens with one attached hydrogen (secondary N) is 1. The van der Waals surface area contributed by atoms with E-state index in [2.05, 4.69) is 10.2 Å². The number of carboxylic acid groups (broad SMARTS) is 1. The molecule has 1 aliphatic carbocycles. The van der Waals surface area contributed by atoms with Crippen molar-refractivity contribution in [2.24, 2.45) is 5.92 Å². The highest BCUT2D eigenvalue weighted by molar-refractivity contribution is 5.76. The zero-order chi connectivity index (χ0) is 17.9. The van der Waals surface area contributed by atoms with Crippen LogP contribution in [0.2, 0.25) is 0 Å². The summed E-state index contributed by atoms with van der Waals surface area (Å²) in [6, 6.07) is 0.500. The first-order valence-electron chi connectivity index (χ1n) is 9.50. The monoisotopic (exact) mass is 356 g/mol. The van der Waals surface area contributed by atoms with Gasteiger partial charge in [-0.15, -0.1) is 0 Å². The van der Waals surface area contributed by atoms with Crippen molar-refractivity contribution < 1.29 is 24.2 Å². The molecular formula is C18H32N2O5. The summed E-state index contributed by atoms with van der Waals surface area (Å²) in [6.07, 6.45) is 7.98. The van der Waals surface area contributed by atoms with Crippen molar-refractivity contribution in [1.29, 1.82) is 0 Å². The maximum Gasteiger partial charge on any atom is 0.290 e. The summed E-state index contributed by atoms with van der Waals surface area (Å²) in [7, 11) is 0. The quantitative estimate of drug-likeness (QED) is 0.668. The highest BCUT2D eigenvalue weighted by Gasteiger charge is 2.25. The normalized spacial score (nSPS) is 24.9. The summed E-state index contributed by atoms with van der Waals surface area (Å²) in [5, 5.41) is 9.97. The Kier molecular flexibility index (Phi) is 9.21. The third-order valence-corrected chi connectivity index (χ3v) is 5.08. The minimum Gasteiger partial charge on any atom is -0.483 e. The molecule has 144 valence electrons. The summed E-state index contributed by atoms with van der Waals surface area (Å²) in [6.45, 7) is 5.45.